The van der Waals surface area contributed by atoms with E-state index in [1.165, 1.54) is 0 Å². The first kappa shape index (κ1) is 26.5. The molecule has 0 heterocycles. The van der Waals surface area contributed by atoms with Crippen LogP contribution in [0.1, 0.15) is 36.5 Å². The minimum absolute atomic E-state index is 0.148. The lowest BCUT2D eigenvalue weighted by atomic mass is 10.0. The second-order valence-corrected chi connectivity index (χ2v) is 9.52. The molecule has 0 bridgehead atoms. The number of hydrogen-bond acceptors (Lipinski definition) is 3. The lowest BCUT2D eigenvalue weighted by Gasteiger charge is -2.31. The summed E-state index contributed by atoms with van der Waals surface area (Å²) in [6.45, 7) is 4.82. The Hall–Kier alpha value is -3.12. The van der Waals surface area contributed by atoms with Crippen LogP contribution in [0, 0.1) is 6.92 Å². The Morgan fingerprint density at radius 2 is 1.69 bits per heavy atom. The van der Waals surface area contributed by atoms with Crippen LogP contribution in [0.2, 0.25) is 0 Å². The SMILES string of the molecule is CCCCNC(=O)[C@H](Cc1ccccc1)N(Cc1cccc(Br)c1)C(=O)COc1ccc(C)cc1. The highest BCUT2D eigenvalue weighted by Crippen LogP contribution is 2.19. The maximum absolute atomic E-state index is 13.5. The lowest BCUT2D eigenvalue weighted by molar-refractivity contribution is -0.142. The molecular formula is C29H33BrN2O3. The van der Waals surface area contributed by atoms with Crippen LogP contribution in [0.3, 0.4) is 0 Å². The van der Waals surface area contributed by atoms with Crippen LogP contribution in [0.5, 0.6) is 5.75 Å². The minimum Gasteiger partial charge on any atom is -0.484 e. The molecule has 0 aliphatic heterocycles. The summed E-state index contributed by atoms with van der Waals surface area (Å²) in [7, 11) is 0. The van der Waals surface area contributed by atoms with Gasteiger partial charge in [0.25, 0.3) is 5.91 Å². The summed E-state index contributed by atoms with van der Waals surface area (Å²) in [6.07, 6.45) is 2.29. The molecule has 184 valence electrons. The van der Waals surface area contributed by atoms with Gasteiger partial charge >= 0.3 is 0 Å². The Bertz CT molecular complexity index is 1090. The highest BCUT2D eigenvalue weighted by Gasteiger charge is 2.30. The van der Waals surface area contributed by atoms with Gasteiger partial charge in [-0.05, 0) is 48.7 Å². The average molecular weight is 537 g/mol. The standard InChI is InChI=1S/C29H33BrN2O3/c1-3-4-17-31-29(34)27(19-23-9-6-5-7-10-23)32(20-24-11-8-12-25(30)18-24)28(33)21-35-26-15-13-22(2)14-16-26/h5-16,18,27H,3-4,17,19-21H2,1-2H3,(H,31,34)/t27-/m0/s1. The Morgan fingerprint density at radius 1 is 0.971 bits per heavy atom. The zero-order chi connectivity index (χ0) is 25.0. The van der Waals surface area contributed by atoms with E-state index in [0.717, 1.165) is 34.0 Å². The zero-order valence-corrected chi connectivity index (χ0v) is 22.0. The molecule has 2 amide bonds. The molecule has 0 radical (unpaired) electrons. The normalized spacial score (nSPS) is 11.5. The van der Waals surface area contributed by atoms with E-state index in [1.807, 2.05) is 85.8 Å². The smallest absolute Gasteiger partial charge is 0.261 e. The third-order valence-electron chi connectivity index (χ3n) is 5.73. The predicted molar refractivity (Wildman–Crippen MR) is 143 cm³/mol. The molecule has 0 aliphatic rings. The fourth-order valence-corrected chi connectivity index (χ4v) is 4.20. The van der Waals surface area contributed by atoms with Gasteiger partial charge in [0.05, 0.1) is 0 Å². The van der Waals surface area contributed by atoms with E-state index in [0.29, 0.717) is 25.3 Å². The van der Waals surface area contributed by atoms with Crippen molar-refractivity contribution in [1.29, 1.82) is 0 Å². The molecule has 0 fully saturated rings. The number of unbranched alkanes of at least 4 members (excludes halogenated alkanes) is 1. The molecule has 3 aromatic carbocycles. The minimum atomic E-state index is -0.664. The summed E-state index contributed by atoms with van der Waals surface area (Å²) in [6, 6.07) is 24.5. The van der Waals surface area contributed by atoms with Crippen molar-refractivity contribution in [3.63, 3.8) is 0 Å². The number of carbonyl (C=O) groups is 2. The summed E-state index contributed by atoms with van der Waals surface area (Å²) in [4.78, 5) is 28.6. The maximum Gasteiger partial charge on any atom is 0.261 e. The molecule has 3 rings (SSSR count). The van der Waals surface area contributed by atoms with Gasteiger partial charge in [0.2, 0.25) is 5.91 Å². The Morgan fingerprint density at radius 3 is 2.37 bits per heavy atom. The van der Waals surface area contributed by atoms with Gasteiger partial charge in [-0.1, -0.05) is 89.4 Å². The summed E-state index contributed by atoms with van der Waals surface area (Å²) in [5.74, 6) is 0.233. The van der Waals surface area contributed by atoms with Gasteiger partial charge in [-0.15, -0.1) is 0 Å². The van der Waals surface area contributed by atoms with E-state index in [-0.39, 0.29) is 18.4 Å². The zero-order valence-electron chi connectivity index (χ0n) is 20.4. The molecule has 0 aromatic heterocycles. The molecular weight excluding hydrogens is 504 g/mol. The molecule has 0 spiro atoms. The molecule has 1 N–H and O–H groups in total. The predicted octanol–water partition coefficient (Wildman–Crippen LogP) is 5.69. The van der Waals surface area contributed by atoms with Gasteiger partial charge in [0, 0.05) is 24.0 Å². The van der Waals surface area contributed by atoms with E-state index in [4.69, 9.17) is 4.74 Å². The van der Waals surface area contributed by atoms with Crippen molar-refractivity contribution < 1.29 is 14.3 Å². The van der Waals surface area contributed by atoms with Gasteiger partial charge < -0.3 is 15.0 Å². The summed E-state index contributed by atoms with van der Waals surface area (Å²) >= 11 is 3.51. The van der Waals surface area contributed by atoms with E-state index < -0.39 is 6.04 Å². The molecule has 6 heteroatoms. The molecule has 0 saturated heterocycles. The third kappa shape index (κ3) is 8.55. The molecule has 0 saturated carbocycles. The van der Waals surface area contributed by atoms with Crippen molar-refractivity contribution in [2.75, 3.05) is 13.2 Å². The Labute approximate surface area is 216 Å². The molecule has 3 aromatic rings. The van der Waals surface area contributed by atoms with Crippen molar-refractivity contribution in [2.24, 2.45) is 0 Å². The Kier molecular flexibility index (Phi) is 10.4. The second-order valence-electron chi connectivity index (χ2n) is 8.60. The lowest BCUT2D eigenvalue weighted by Crippen LogP contribution is -2.51. The first-order chi connectivity index (χ1) is 17.0. The first-order valence-corrected chi connectivity index (χ1v) is 12.8. The average Bonchev–Trinajstić information content (AvgIpc) is 2.86. The van der Waals surface area contributed by atoms with Crippen LogP contribution in [-0.4, -0.2) is 35.9 Å². The van der Waals surface area contributed by atoms with Gasteiger partial charge in [0.15, 0.2) is 6.61 Å². The maximum atomic E-state index is 13.5. The quantitative estimate of drug-likeness (QED) is 0.302. The van der Waals surface area contributed by atoms with Crippen molar-refractivity contribution in [3.8, 4) is 5.75 Å². The molecule has 0 unspecified atom stereocenters. The van der Waals surface area contributed by atoms with Crippen LogP contribution >= 0.6 is 15.9 Å². The fraction of sp³-hybridized carbons (Fsp3) is 0.310. The number of ether oxygens (including phenoxy) is 1. The van der Waals surface area contributed by atoms with E-state index in [1.54, 1.807) is 4.90 Å². The van der Waals surface area contributed by atoms with Gasteiger partial charge in [0.1, 0.15) is 11.8 Å². The number of halogens is 1. The summed E-state index contributed by atoms with van der Waals surface area (Å²) in [5, 5.41) is 3.03. The van der Waals surface area contributed by atoms with Crippen molar-refractivity contribution in [2.45, 2.75) is 45.7 Å². The largest absolute Gasteiger partial charge is 0.484 e. The van der Waals surface area contributed by atoms with Crippen LogP contribution in [0.15, 0.2) is 83.3 Å². The van der Waals surface area contributed by atoms with E-state index in [2.05, 4.69) is 28.2 Å². The fourth-order valence-electron chi connectivity index (χ4n) is 3.75. The number of hydrogen-bond donors (Lipinski definition) is 1. The molecule has 0 aliphatic carbocycles. The van der Waals surface area contributed by atoms with Crippen molar-refractivity contribution >= 4 is 27.7 Å². The van der Waals surface area contributed by atoms with Gasteiger partial charge in [-0.2, -0.15) is 0 Å². The van der Waals surface area contributed by atoms with Crippen LogP contribution in [-0.2, 0) is 22.6 Å². The van der Waals surface area contributed by atoms with E-state index in [9.17, 15) is 9.59 Å². The number of aryl methyl sites for hydroxylation is 1. The first-order valence-electron chi connectivity index (χ1n) is 12.0. The van der Waals surface area contributed by atoms with Gasteiger partial charge in [-0.25, -0.2) is 0 Å². The number of carbonyl (C=O) groups excluding carboxylic acids is 2. The van der Waals surface area contributed by atoms with Crippen LogP contribution in [0.25, 0.3) is 0 Å². The van der Waals surface area contributed by atoms with Gasteiger partial charge in [-0.3, -0.25) is 9.59 Å². The highest BCUT2D eigenvalue weighted by atomic mass is 79.9. The number of rotatable bonds is 12. The number of amides is 2. The molecule has 35 heavy (non-hydrogen) atoms. The highest BCUT2D eigenvalue weighted by molar-refractivity contribution is 9.10. The van der Waals surface area contributed by atoms with Crippen LogP contribution in [0.4, 0.5) is 0 Å². The topological polar surface area (TPSA) is 58.6 Å². The number of nitrogens with zero attached hydrogens (tertiary/aromatic N) is 1. The Balaban J connectivity index is 1.87. The summed E-state index contributed by atoms with van der Waals surface area (Å²) in [5.41, 5.74) is 3.05. The molecule has 5 nitrogen and oxygen atoms in total. The number of benzene rings is 3. The number of nitrogens with one attached hydrogen (secondary N) is 1. The summed E-state index contributed by atoms with van der Waals surface area (Å²) < 4.78 is 6.73. The molecule has 1 atom stereocenters. The third-order valence-corrected chi connectivity index (χ3v) is 6.22. The van der Waals surface area contributed by atoms with Crippen molar-refractivity contribution in [1.82, 2.24) is 10.2 Å². The second kappa shape index (κ2) is 13.7. The monoisotopic (exact) mass is 536 g/mol. The van der Waals surface area contributed by atoms with Crippen LogP contribution < -0.4 is 10.1 Å². The van der Waals surface area contributed by atoms with Crippen molar-refractivity contribution in [3.05, 3.63) is 100 Å². The van der Waals surface area contributed by atoms with E-state index >= 15 is 0 Å².